The third-order valence-corrected chi connectivity index (χ3v) is 7.12. The maximum atomic E-state index is 13.5. The summed E-state index contributed by atoms with van der Waals surface area (Å²) in [6.07, 6.45) is 4.51. The van der Waals surface area contributed by atoms with Crippen LogP contribution in [0.2, 0.25) is 0 Å². The van der Waals surface area contributed by atoms with Gasteiger partial charge in [-0.25, -0.2) is 0 Å². The van der Waals surface area contributed by atoms with Crippen LogP contribution >= 0.6 is 0 Å². The van der Waals surface area contributed by atoms with E-state index in [2.05, 4.69) is 22.9 Å². The molecular weight excluding hydrogens is 350 g/mol. The summed E-state index contributed by atoms with van der Waals surface area (Å²) in [6, 6.07) is 6.05. The number of nitrogens with zero attached hydrogens (tertiary/aromatic N) is 3. The molecule has 1 atom stereocenters. The standard InChI is InChI=1S/C23H33N3O2/c1-17-12-18(2)14-19(13-17)21(27)26-15-20(23(16-26)6-4-5-7-23)22(28)25-10-8-24(3)9-11-25/h12-14,20H,4-11,15-16H2,1-3H3. The van der Waals surface area contributed by atoms with Gasteiger partial charge in [0.25, 0.3) is 5.91 Å². The summed E-state index contributed by atoms with van der Waals surface area (Å²) < 4.78 is 0. The Kier molecular flexibility index (Phi) is 5.21. The van der Waals surface area contributed by atoms with Crippen LogP contribution < -0.4 is 0 Å². The summed E-state index contributed by atoms with van der Waals surface area (Å²) in [4.78, 5) is 33.0. The number of hydrogen-bond donors (Lipinski definition) is 0. The first kappa shape index (κ1) is 19.4. The number of likely N-dealkylation sites (N-methyl/N-ethyl adjacent to an activating group) is 1. The van der Waals surface area contributed by atoms with Crippen molar-refractivity contribution in [3.8, 4) is 0 Å². The van der Waals surface area contributed by atoms with Crippen LogP contribution in [0.15, 0.2) is 18.2 Å². The van der Waals surface area contributed by atoms with Gasteiger partial charge >= 0.3 is 0 Å². The molecule has 4 rings (SSSR count). The number of carbonyl (C=O) groups is 2. The highest BCUT2D eigenvalue weighted by Gasteiger charge is 2.53. The molecule has 1 unspecified atom stereocenters. The average Bonchev–Trinajstić information content (AvgIpc) is 3.28. The number of carbonyl (C=O) groups excluding carboxylic acids is 2. The van der Waals surface area contributed by atoms with Crippen LogP contribution in [0.4, 0.5) is 0 Å². The third-order valence-electron chi connectivity index (χ3n) is 7.12. The molecule has 1 aromatic carbocycles. The van der Waals surface area contributed by atoms with E-state index in [1.54, 1.807) is 0 Å². The second kappa shape index (κ2) is 7.51. The minimum absolute atomic E-state index is 0.00500. The van der Waals surface area contributed by atoms with E-state index in [0.29, 0.717) is 6.54 Å². The minimum Gasteiger partial charge on any atom is -0.340 e. The molecule has 3 aliphatic rings. The number of rotatable bonds is 2. The number of likely N-dealkylation sites (tertiary alicyclic amines) is 1. The molecule has 2 saturated heterocycles. The Morgan fingerprint density at radius 1 is 0.929 bits per heavy atom. The van der Waals surface area contributed by atoms with Crippen molar-refractivity contribution in [2.24, 2.45) is 11.3 Å². The van der Waals surface area contributed by atoms with E-state index in [1.165, 1.54) is 12.8 Å². The molecule has 2 aliphatic heterocycles. The lowest BCUT2D eigenvalue weighted by atomic mass is 9.76. The van der Waals surface area contributed by atoms with Crippen LogP contribution in [0.5, 0.6) is 0 Å². The summed E-state index contributed by atoms with van der Waals surface area (Å²) in [5, 5.41) is 0. The van der Waals surface area contributed by atoms with Crippen molar-refractivity contribution < 1.29 is 9.59 Å². The van der Waals surface area contributed by atoms with Gasteiger partial charge in [-0.1, -0.05) is 30.0 Å². The van der Waals surface area contributed by atoms with Crippen molar-refractivity contribution >= 4 is 11.8 Å². The van der Waals surface area contributed by atoms with Gasteiger partial charge in [0.1, 0.15) is 0 Å². The lowest BCUT2D eigenvalue weighted by Gasteiger charge is -2.37. The number of hydrogen-bond acceptors (Lipinski definition) is 3. The molecule has 1 spiro atoms. The van der Waals surface area contributed by atoms with Crippen LogP contribution in [0, 0.1) is 25.2 Å². The van der Waals surface area contributed by atoms with Gasteiger partial charge in [0.15, 0.2) is 0 Å². The van der Waals surface area contributed by atoms with Crippen molar-refractivity contribution in [1.82, 2.24) is 14.7 Å². The SMILES string of the molecule is Cc1cc(C)cc(C(=O)N2CC(C(=O)N3CCN(C)CC3)C3(CCCC3)C2)c1. The Labute approximate surface area is 168 Å². The highest BCUT2D eigenvalue weighted by atomic mass is 16.2. The fourth-order valence-corrected chi connectivity index (χ4v) is 5.58. The number of benzene rings is 1. The van der Waals surface area contributed by atoms with Gasteiger partial charge in [-0.3, -0.25) is 9.59 Å². The minimum atomic E-state index is -0.0340. The average molecular weight is 384 g/mol. The Bertz CT molecular complexity index is 741. The van der Waals surface area contributed by atoms with Gasteiger partial charge in [0.05, 0.1) is 5.92 Å². The molecule has 5 heteroatoms. The zero-order valence-corrected chi connectivity index (χ0v) is 17.5. The highest BCUT2D eigenvalue weighted by Crippen LogP contribution is 2.50. The van der Waals surface area contributed by atoms with Gasteiger partial charge in [-0.15, -0.1) is 0 Å². The number of amides is 2. The Morgan fingerprint density at radius 2 is 1.54 bits per heavy atom. The fraction of sp³-hybridized carbons (Fsp3) is 0.652. The molecule has 0 bridgehead atoms. The van der Waals surface area contributed by atoms with Gasteiger partial charge in [-0.05, 0) is 45.9 Å². The molecule has 1 saturated carbocycles. The highest BCUT2D eigenvalue weighted by molar-refractivity contribution is 5.95. The zero-order valence-electron chi connectivity index (χ0n) is 17.5. The summed E-state index contributed by atoms with van der Waals surface area (Å²) in [6.45, 7) is 8.89. The topological polar surface area (TPSA) is 43.9 Å². The first-order chi connectivity index (χ1) is 13.4. The van der Waals surface area contributed by atoms with E-state index >= 15 is 0 Å². The Hall–Kier alpha value is -1.88. The van der Waals surface area contributed by atoms with Gasteiger partial charge in [0, 0.05) is 50.2 Å². The van der Waals surface area contributed by atoms with Crippen molar-refractivity contribution in [2.75, 3.05) is 46.3 Å². The van der Waals surface area contributed by atoms with Crippen molar-refractivity contribution in [3.05, 3.63) is 34.9 Å². The quantitative estimate of drug-likeness (QED) is 0.789. The smallest absolute Gasteiger partial charge is 0.253 e. The monoisotopic (exact) mass is 383 g/mol. The summed E-state index contributed by atoms with van der Waals surface area (Å²) in [5.74, 6) is 0.339. The molecule has 5 nitrogen and oxygen atoms in total. The van der Waals surface area contributed by atoms with Crippen LogP contribution in [0.25, 0.3) is 0 Å². The number of aryl methyl sites for hydroxylation is 2. The zero-order chi connectivity index (χ0) is 19.9. The maximum Gasteiger partial charge on any atom is 0.253 e. The molecule has 1 aliphatic carbocycles. The summed E-state index contributed by atoms with van der Waals surface area (Å²) in [5.41, 5.74) is 2.99. The largest absolute Gasteiger partial charge is 0.340 e. The van der Waals surface area contributed by atoms with E-state index in [1.807, 2.05) is 30.9 Å². The van der Waals surface area contributed by atoms with Crippen LogP contribution in [0.3, 0.4) is 0 Å². The van der Waals surface area contributed by atoms with Crippen LogP contribution in [0.1, 0.15) is 47.2 Å². The van der Waals surface area contributed by atoms with Gasteiger partial charge in [0.2, 0.25) is 5.91 Å². The predicted molar refractivity (Wildman–Crippen MR) is 110 cm³/mol. The lowest BCUT2D eigenvalue weighted by molar-refractivity contribution is -0.139. The van der Waals surface area contributed by atoms with E-state index in [9.17, 15) is 9.59 Å². The number of piperazine rings is 1. The molecule has 2 heterocycles. The Balaban J connectivity index is 1.55. The van der Waals surface area contributed by atoms with Crippen molar-refractivity contribution in [2.45, 2.75) is 39.5 Å². The Morgan fingerprint density at radius 3 is 2.14 bits per heavy atom. The van der Waals surface area contributed by atoms with Crippen molar-refractivity contribution in [3.63, 3.8) is 0 Å². The molecule has 0 aromatic heterocycles. The molecule has 28 heavy (non-hydrogen) atoms. The summed E-state index contributed by atoms with van der Waals surface area (Å²) >= 11 is 0. The predicted octanol–water partition coefficient (Wildman–Crippen LogP) is 2.71. The van der Waals surface area contributed by atoms with E-state index in [4.69, 9.17) is 0 Å². The van der Waals surface area contributed by atoms with E-state index < -0.39 is 0 Å². The fourth-order valence-electron chi connectivity index (χ4n) is 5.58. The second-order valence-electron chi connectivity index (χ2n) is 9.31. The summed E-state index contributed by atoms with van der Waals surface area (Å²) in [7, 11) is 2.11. The second-order valence-corrected chi connectivity index (χ2v) is 9.31. The molecule has 2 amide bonds. The third kappa shape index (κ3) is 3.57. The van der Waals surface area contributed by atoms with Gasteiger partial charge < -0.3 is 14.7 Å². The molecule has 152 valence electrons. The molecular formula is C23H33N3O2. The normalized spacial score (nSPS) is 24.9. The first-order valence-corrected chi connectivity index (χ1v) is 10.7. The molecule has 0 N–H and O–H groups in total. The van der Waals surface area contributed by atoms with Crippen LogP contribution in [-0.2, 0) is 4.79 Å². The lowest BCUT2D eigenvalue weighted by Crippen LogP contribution is -2.51. The van der Waals surface area contributed by atoms with E-state index in [-0.39, 0.29) is 23.1 Å². The molecule has 3 fully saturated rings. The molecule has 1 aromatic rings. The van der Waals surface area contributed by atoms with E-state index in [0.717, 1.165) is 62.3 Å². The van der Waals surface area contributed by atoms with Crippen LogP contribution in [-0.4, -0.2) is 72.8 Å². The van der Waals surface area contributed by atoms with Gasteiger partial charge in [-0.2, -0.15) is 0 Å². The molecule has 0 radical (unpaired) electrons. The first-order valence-electron chi connectivity index (χ1n) is 10.7. The maximum absolute atomic E-state index is 13.5. The van der Waals surface area contributed by atoms with Crippen molar-refractivity contribution in [1.29, 1.82) is 0 Å².